The van der Waals surface area contributed by atoms with Crippen LogP contribution in [0, 0.1) is 0 Å². The van der Waals surface area contributed by atoms with Crippen LogP contribution >= 0.6 is 11.6 Å². The van der Waals surface area contributed by atoms with Gasteiger partial charge in [-0.05, 0) is 60.4 Å². The Morgan fingerprint density at radius 2 is 1.60 bits per heavy atom. The summed E-state index contributed by atoms with van der Waals surface area (Å²) in [5.41, 5.74) is 4.92. The summed E-state index contributed by atoms with van der Waals surface area (Å²) in [5.74, 6) is 1.54. The minimum Gasteiger partial charge on any atom is -0.455 e. The van der Waals surface area contributed by atoms with Crippen LogP contribution in [0.25, 0.3) is 11.1 Å². The molecule has 0 radical (unpaired) electrons. The highest BCUT2D eigenvalue weighted by molar-refractivity contribution is 6.31. The molecule has 2 aliphatic heterocycles. The zero-order valence-corrected chi connectivity index (χ0v) is 19.9. The van der Waals surface area contributed by atoms with E-state index in [2.05, 4.69) is 28.4 Å². The van der Waals surface area contributed by atoms with Gasteiger partial charge in [0, 0.05) is 22.7 Å². The van der Waals surface area contributed by atoms with Crippen molar-refractivity contribution < 1.29 is 9.53 Å². The van der Waals surface area contributed by atoms with Crippen molar-refractivity contribution in [1.29, 1.82) is 0 Å². The molecule has 0 aromatic heterocycles. The van der Waals surface area contributed by atoms with E-state index in [9.17, 15) is 4.79 Å². The molecule has 1 fully saturated rings. The van der Waals surface area contributed by atoms with Crippen LogP contribution in [-0.4, -0.2) is 18.5 Å². The van der Waals surface area contributed by atoms with E-state index in [4.69, 9.17) is 16.3 Å². The summed E-state index contributed by atoms with van der Waals surface area (Å²) in [7, 11) is 0. The molecule has 2 heterocycles. The molecule has 2 atom stereocenters. The van der Waals surface area contributed by atoms with Gasteiger partial charge in [-0.1, -0.05) is 72.3 Å². The van der Waals surface area contributed by atoms with Crippen LogP contribution in [0.2, 0.25) is 5.02 Å². The highest BCUT2D eigenvalue weighted by atomic mass is 35.5. The number of hydrogen-bond acceptors (Lipinski definition) is 3. The maximum Gasteiger partial charge on any atom is 0.251 e. The number of hydrogen-bond donors (Lipinski definition) is 1. The number of amides is 1. The SMILES string of the molecule is O=C(N[C@H]1CCCN2c3cc(Cl)ccc3Oc3ccccc3[C@@H]12)c1ccc(-c2ccccc2)cc1. The number of para-hydroxylation sites is 1. The Morgan fingerprint density at radius 1 is 0.857 bits per heavy atom. The number of rotatable bonds is 3. The summed E-state index contributed by atoms with van der Waals surface area (Å²) in [6, 6.07) is 31.7. The van der Waals surface area contributed by atoms with E-state index in [-0.39, 0.29) is 18.0 Å². The third-order valence-electron chi connectivity index (χ3n) is 6.89. The lowest BCUT2D eigenvalue weighted by atomic mass is 9.89. The molecule has 2 aliphatic rings. The van der Waals surface area contributed by atoms with Crippen molar-refractivity contribution in [2.24, 2.45) is 0 Å². The van der Waals surface area contributed by atoms with Crippen LogP contribution in [0.4, 0.5) is 5.69 Å². The smallest absolute Gasteiger partial charge is 0.251 e. The molecular formula is C30H25ClN2O2. The van der Waals surface area contributed by atoms with E-state index in [1.807, 2.05) is 78.9 Å². The second kappa shape index (κ2) is 9.12. The van der Waals surface area contributed by atoms with Gasteiger partial charge in [0.05, 0.1) is 17.8 Å². The summed E-state index contributed by atoms with van der Waals surface area (Å²) >= 11 is 6.38. The number of fused-ring (bicyclic) bond motifs is 5. The lowest BCUT2D eigenvalue weighted by molar-refractivity contribution is 0.0923. The molecular weight excluding hydrogens is 456 g/mol. The Balaban J connectivity index is 1.31. The average Bonchev–Trinajstić information content (AvgIpc) is 3.04. The molecule has 4 aromatic rings. The third-order valence-corrected chi connectivity index (χ3v) is 7.12. The van der Waals surface area contributed by atoms with Gasteiger partial charge in [-0.25, -0.2) is 0 Å². The standard InChI is InChI=1S/C30H25ClN2O2/c31-23-16-17-28-26(19-23)33-18-6-10-25(29(33)24-9-4-5-11-27(24)35-28)32-30(34)22-14-12-21(13-15-22)20-7-2-1-3-8-20/h1-5,7-9,11-17,19,25,29H,6,10,18H2,(H,32,34)/t25-,29-/m0/s1. The maximum atomic E-state index is 13.4. The average molecular weight is 481 g/mol. The lowest BCUT2D eigenvalue weighted by Crippen LogP contribution is -2.50. The highest BCUT2D eigenvalue weighted by Crippen LogP contribution is 2.48. The topological polar surface area (TPSA) is 41.6 Å². The summed E-state index contributed by atoms with van der Waals surface area (Å²) in [4.78, 5) is 15.7. The second-order valence-electron chi connectivity index (χ2n) is 9.06. The van der Waals surface area contributed by atoms with Gasteiger partial charge in [0.25, 0.3) is 5.91 Å². The summed E-state index contributed by atoms with van der Waals surface area (Å²) in [6.45, 7) is 0.869. The van der Waals surface area contributed by atoms with Crippen LogP contribution < -0.4 is 15.0 Å². The molecule has 0 spiro atoms. The summed E-state index contributed by atoms with van der Waals surface area (Å²) < 4.78 is 6.33. The number of carbonyl (C=O) groups excluding carboxylic acids is 1. The first kappa shape index (κ1) is 21.8. The van der Waals surface area contributed by atoms with Crippen molar-refractivity contribution >= 4 is 23.2 Å². The number of nitrogens with one attached hydrogen (secondary N) is 1. The maximum absolute atomic E-state index is 13.4. The van der Waals surface area contributed by atoms with Crippen LogP contribution in [-0.2, 0) is 0 Å². The normalized spacial score (nSPS) is 18.4. The Labute approximate surface area is 210 Å². The molecule has 35 heavy (non-hydrogen) atoms. The Kier molecular flexibility index (Phi) is 5.67. The zero-order valence-electron chi connectivity index (χ0n) is 19.2. The molecule has 5 heteroatoms. The van der Waals surface area contributed by atoms with Crippen molar-refractivity contribution in [3.63, 3.8) is 0 Å². The first-order chi connectivity index (χ1) is 17.2. The second-order valence-corrected chi connectivity index (χ2v) is 9.49. The van der Waals surface area contributed by atoms with Crippen LogP contribution in [0.1, 0.15) is 34.8 Å². The van der Waals surface area contributed by atoms with Gasteiger partial charge >= 0.3 is 0 Å². The predicted octanol–water partition coefficient (Wildman–Crippen LogP) is 7.25. The Bertz CT molecular complexity index is 1370. The fraction of sp³-hybridized carbons (Fsp3) is 0.167. The molecule has 0 bridgehead atoms. The first-order valence-electron chi connectivity index (χ1n) is 12.0. The number of ether oxygens (including phenoxy) is 1. The van der Waals surface area contributed by atoms with Gasteiger partial charge in [0.2, 0.25) is 0 Å². The number of nitrogens with zero attached hydrogens (tertiary/aromatic N) is 1. The van der Waals surface area contributed by atoms with E-state index in [1.165, 1.54) is 0 Å². The highest BCUT2D eigenvalue weighted by Gasteiger charge is 2.38. The van der Waals surface area contributed by atoms with Crippen LogP contribution in [0.15, 0.2) is 97.1 Å². The number of benzene rings is 4. The van der Waals surface area contributed by atoms with Crippen LogP contribution in [0.5, 0.6) is 11.5 Å². The van der Waals surface area contributed by atoms with Gasteiger partial charge in [-0.2, -0.15) is 0 Å². The molecule has 0 aliphatic carbocycles. The lowest BCUT2D eigenvalue weighted by Gasteiger charge is -2.42. The van der Waals surface area contributed by atoms with E-state index < -0.39 is 0 Å². The van der Waals surface area contributed by atoms with E-state index in [0.717, 1.165) is 53.3 Å². The van der Waals surface area contributed by atoms with Crippen LogP contribution in [0.3, 0.4) is 0 Å². The van der Waals surface area contributed by atoms with Gasteiger partial charge in [-0.3, -0.25) is 4.79 Å². The number of halogens is 1. The monoisotopic (exact) mass is 480 g/mol. The molecule has 1 N–H and O–H groups in total. The van der Waals surface area contributed by atoms with E-state index >= 15 is 0 Å². The zero-order chi connectivity index (χ0) is 23.8. The predicted molar refractivity (Wildman–Crippen MR) is 140 cm³/mol. The fourth-order valence-electron chi connectivity index (χ4n) is 5.24. The van der Waals surface area contributed by atoms with Gasteiger partial charge in [-0.15, -0.1) is 0 Å². The summed E-state index contributed by atoms with van der Waals surface area (Å²) in [5, 5.41) is 4.01. The van der Waals surface area contributed by atoms with Crippen molar-refractivity contribution in [2.75, 3.05) is 11.4 Å². The number of anilines is 1. The number of piperidine rings is 1. The number of carbonyl (C=O) groups is 1. The minimum atomic E-state index is -0.0697. The van der Waals surface area contributed by atoms with Gasteiger partial charge < -0.3 is 15.0 Å². The molecule has 4 nitrogen and oxygen atoms in total. The van der Waals surface area contributed by atoms with Crippen molar-refractivity contribution in [3.8, 4) is 22.6 Å². The van der Waals surface area contributed by atoms with Gasteiger partial charge in [0.1, 0.15) is 5.75 Å². The quantitative estimate of drug-likeness (QED) is 0.335. The van der Waals surface area contributed by atoms with Crippen molar-refractivity contribution in [2.45, 2.75) is 24.9 Å². The largest absolute Gasteiger partial charge is 0.455 e. The van der Waals surface area contributed by atoms with E-state index in [0.29, 0.717) is 10.6 Å². The Morgan fingerprint density at radius 3 is 2.43 bits per heavy atom. The first-order valence-corrected chi connectivity index (χ1v) is 12.3. The molecule has 0 unspecified atom stereocenters. The minimum absolute atomic E-state index is 0.0489. The van der Waals surface area contributed by atoms with Crippen molar-refractivity contribution in [1.82, 2.24) is 5.32 Å². The molecule has 1 saturated heterocycles. The molecule has 4 aromatic carbocycles. The molecule has 1 amide bonds. The van der Waals surface area contributed by atoms with E-state index in [1.54, 1.807) is 0 Å². The third kappa shape index (κ3) is 4.15. The molecule has 0 saturated carbocycles. The van der Waals surface area contributed by atoms with Gasteiger partial charge in [0.15, 0.2) is 5.75 Å². The molecule has 6 rings (SSSR count). The fourth-order valence-corrected chi connectivity index (χ4v) is 5.40. The molecule has 174 valence electrons. The summed E-state index contributed by atoms with van der Waals surface area (Å²) in [6.07, 6.45) is 1.85. The Hall–Kier alpha value is -3.76. The van der Waals surface area contributed by atoms with Crippen molar-refractivity contribution in [3.05, 3.63) is 113 Å².